The minimum absolute atomic E-state index is 0.0235. The summed E-state index contributed by atoms with van der Waals surface area (Å²) >= 11 is 3.09. The van der Waals surface area contributed by atoms with Crippen molar-refractivity contribution in [1.82, 2.24) is 10.3 Å². The van der Waals surface area contributed by atoms with Crippen LogP contribution >= 0.6 is 23.3 Å². The minimum atomic E-state index is -0.422. The van der Waals surface area contributed by atoms with Crippen LogP contribution in [-0.2, 0) is 14.3 Å². The number of nitrogens with zero attached hydrogens (tertiary/aromatic N) is 1. The molecule has 2 aliphatic rings. The average molecular weight is 574 g/mol. The molecule has 7 nitrogen and oxygen atoms in total. The van der Waals surface area contributed by atoms with Crippen molar-refractivity contribution in [2.75, 3.05) is 11.3 Å². The van der Waals surface area contributed by atoms with Crippen molar-refractivity contribution in [3.63, 3.8) is 0 Å². The van der Waals surface area contributed by atoms with E-state index in [1.165, 1.54) is 24.8 Å². The number of anilines is 1. The van der Waals surface area contributed by atoms with Crippen LogP contribution in [0.2, 0.25) is 0 Å². The molecule has 2 heterocycles. The Hall–Kier alpha value is -2.23. The number of carbonyl (C=O) groups is 3. The number of aromatic nitrogens is 1. The second kappa shape index (κ2) is 14.4. The fraction of sp³-hybridized carbons (Fsp3) is 0.600. The smallest absolute Gasteiger partial charge is 0.251 e. The van der Waals surface area contributed by atoms with Gasteiger partial charge in [0.1, 0.15) is 6.61 Å². The van der Waals surface area contributed by atoms with Crippen molar-refractivity contribution in [2.24, 2.45) is 11.3 Å². The van der Waals surface area contributed by atoms with E-state index in [0.29, 0.717) is 18.1 Å². The zero-order chi connectivity index (χ0) is 28.6. The Morgan fingerprint density at radius 2 is 1.87 bits per heavy atom. The highest BCUT2D eigenvalue weighted by Gasteiger charge is 2.34. The Morgan fingerprint density at radius 3 is 2.36 bits per heavy atom. The second-order valence-electron chi connectivity index (χ2n) is 11.3. The van der Waals surface area contributed by atoms with Gasteiger partial charge in [-0.3, -0.25) is 14.4 Å². The lowest BCUT2D eigenvalue weighted by Gasteiger charge is -2.28. The predicted molar refractivity (Wildman–Crippen MR) is 159 cm³/mol. The Morgan fingerprint density at radius 1 is 1.21 bits per heavy atom. The molecule has 0 bridgehead atoms. The summed E-state index contributed by atoms with van der Waals surface area (Å²) in [4.78, 5) is 40.2. The number of Topliss-reactive ketones (excluding diaryl/α,β-unsaturated/α-hetero) is 2. The quantitative estimate of drug-likeness (QED) is 0.294. The zero-order valence-corrected chi connectivity index (χ0v) is 25.7. The van der Waals surface area contributed by atoms with E-state index in [1.807, 2.05) is 26.0 Å². The van der Waals surface area contributed by atoms with Crippen molar-refractivity contribution in [3.05, 3.63) is 40.9 Å². The molecule has 2 N–H and O–H groups in total. The highest BCUT2D eigenvalue weighted by Crippen LogP contribution is 2.41. The molecule has 1 saturated carbocycles. The number of rotatable bonds is 10. The third-order valence-electron chi connectivity index (χ3n) is 7.71. The maximum atomic E-state index is 12.7. The molecule has 0 radical (unpaired) electrons. The number of thiazole rings is 1. The monoisotopic (exact) mass is 573 g/mol. The molecular formula is C30H43N3O4S2. The summed E-state index contributed by atoms with van der Waals surface area (Å²) in [6.45, 7) is 12.4. The molecule has 3 atom stereocenters. The third kappa shape index (κ3) is 9.15. The van der Waals surface area contributed by atoms with E-state index in [2.05, 4.69) is 41.2 Å². The molecule has 9 heteroatoms. The Bertz CT molecular complexity index is 1110. The number of amides is 1. The highest BCUT2D eigenvalue weighted by atomic mass is 32.2. The first kappa shape index (κ1) is 31.3. The van der Waals surface area contributed by atoms with E-state index in [-0.39, 0.29) is 34.9 Å². The maximum absolute atomic E-state index is 12.7. The van der Waals surface area contributed by atoms with Gasteiger partial charge in [-0.05, 0) is 68.2 Å². The summed E-state index contributed by atoms with van der Waals surface area (Å²) in [6.07, 6.45) is 6.54. The topological polar surface area (TPSA) is 97.4 Å². The van der Waals surface area contributed by atoms with Crippen LogP contribution in [0.15, 0.2) is 34.0 Å². The van der Waals surface area contributed by atoms with Crippen LogP contribution in [-0.4, -0.2) is 41.2 Å². The van der Waals surface area contributed by atoms with Crippen molar-refractivity contribution in [2.45, 2.75) is 102 Å². The van der Waals surface area contributed by atoms with E-state index in [0.717, 1.165) is 41.4 Å². The molecule has 1 aliphatic heterocycles. The van der Waals surface area contributed by atoms with Gasteiger partial charge < -0.3 is 14.8 Å². The summed E-state index contributed by atoms with van der Waals surface area (Å²) in [5.41, 5.74) is 2.71. The maximum Gasteiger partial charge on any atom is 0.251 e. The molecule has 1 aromatic carbocycles. The molecule has 214 valence electrons. The van der Waals surface area contributed by atoms with E-state index in [1.54, 1.807) is 30.4 Å². The van der Waals surface area contributed by atoms with Gasteiger partial charge in [0, 0.05) is 34.5 Å². The standard InChI is InChI=1S/C23H31N3O2S2.C7H12O2/c1-15(2)20-14-29-22(25-20)30-26-18-9-7-17(8-10-18)21(28)24-19(16(3)27)13-23(4)11-5-6-12-23;1-3-7-5(2)6(8)4-9-7/h7-10,14-15,19,26H,5-6,11-13H2,1-4H3,(H,24,28);5,7H,3-4H2,1-2H3/t19-;5-,7+/m01/s1. The Balaban J connectivity index is 0.000000395. The third-order valence-corrected chi connectivity index (χ3v) is 9.50. The number of hydrogen-bond donors (Lipinski definition) is 2. The van der Waals surface area contributed by atoms with E-state index in [4.69, 9.17) is 4.74 Å². The van der Waals surface area contributed by atoms with Crippen molar-refractivity contribution in [3.8, 4) is 0 Å². The Kier molecular flexibility index (Phi) is 11.6. The van der Waals surface area contributed by atoms with Crippen LogP contribution in [0.4, 0.5) is 5.69 Å². The summed E-state index contributed by atoms with van der Waals surface area (Å²) in [5.74, 6) is 0.633. The van der Waals surface area contributed by atoms with E-state index >= 15 is 0 Å². The van der Waals surface area contributed by atoms with Gasteiger partial charge in [0.2, 0.25) is 0 Å². The molecule has 2 fully saturated rings. The lowest BCUT2D eigenvalue weighted by Crippen LogP contribution is -2.42. The van der Waals surface area contributed by atoms with Crippen LogP contribution in [0, 0.1) is 11.3 Å². The minimum Gasteiger partial charge on any atom is -0.370 e. The number of hydrogen-bond acceptors (Lipinski definition) is 8. The lowest BCUT2D eigenvalue weighted by molar-refractivity contribution is -0.120. The predicted octanol–water partition coefficient (Wildman–Crippen LogP) is 7.04. The summed E-state index contributed by atoms with van der Waals surface area (Å²) < 4.78 is 9.41. The molecule has 1 aromatic heterocycles. The molecule has 2 aromatic rings. The molecule has 1 aliphatic carbocycles. The van der Waals surface area contributed by atoms with Crippen LogP contribution in [0.1, 0.15) is 102 Å². The Labute approximate surface area is 241 Å². The van der Waals surface area contributed by atoms with Crippen molar-refractivity contribution in [1.29, 1.82) is 0 Å². The van der Waals surface area contributed by atoms with Crippen LogP contribution in [0.5, 0.6) is 0 Å². The van der Waals surface area contributed by atoms with Gasteiger partial charge in [-0.15, -0.1) is 11.3 Å². The summed E-state index contributed by atoms with van der Waals surface area (Å²) in [5, 5.41) is 5.04. The molecule has 0 unspecified atom stereocenters. The first-order chi connectivity index (χ1) is 18.5. The van der Waals surface area contributed by atoms with Crippen molar-refractivity contribution < 1.29 is 19.1 Å². The fourth-order valence-electron chi connectivity index (χ4n) is 4.98. The number of ketones is 2. The second-order valence-corrected chi connectivity index (χ2v) is 13.3. The van der Waals surface area contributed by atoms with Gasteiger partial charge >= 0.3 is 0 Å². The molecular weight excluding hydrogens is 530 g/mol. The average Bonchev–Trinajstić information content (AvgIpc) is 3.64. The number of benzene rings is 1. The van der Waals surface area contributed by atoms with Crippen molar-refractivity contribution >= 4 is 46.4 Å². The molecule has 0 spiro atoms. The van der Waals surface area contributed by atoms with Crippen LogP contribution in [0.3, 0.4) is 0 Å². The number of nitrogens with one attached hydrogen (secondary N) is 2. The number of carbonyl (C=O) groups excluding carboxylic acids is 3. The first-order valence-corrected chi connectivity index (χ1v) is 15.6. The molecule has 39 heavy (non-hydrogen) atoms. The van der Waals surface area contributed by atoms with Crippen LogP contribution < -0.4 is 10.0 Å². The fourth-order valence-corrected chi connectivity index (χ4v) is 6.64. The SMILES string of the molecule is CC(=O)[C@H](CC1(C)CCCC1)NC(=O)c1ccc(NSc2nc(C(C)C)cs2)cc1.CC[C@@H]1OCC(=O)[C@H]1C. The normalized spacial score (nSPS) is 20.8. The summed E-state index contributed by atoms with van der Waals surface area (Å²) in [6, 6.07) is 6.90. The van der Waals surface area contributed by atoms with Gasteiger partial charge in [-0.25, -0.2) is 4.98 Å². The van der Waals surface area contributed by atoms with E-state index in [9.17, 15) is 14.4 Å². The van der Waals surface area contributed by atoms with Gasteiger partial charge in [0.25, 0.3) is 5.91 Å². The molecule has 1 saturated heterocycles. The highest BCUT2D eigenvalue weighted by molar-refractivity contribution is 8.02. The van der Waals surface area contributed by atoms with E-state index < -0.39 is 6.04 Å². The molecule has 1 amide bonds. The van der Waals surface area contributed by atoms with Gasteiger partial charge in [-0.2, -0.15) is 0 Å². The van der Waals surface area contributed by atoms with Gasteiger partial charge in [0.05, 0.1) is 17.8 Å². The first-order valence-electron chi connectivity index (χ1n) is 13.9. The van der Waals surface area contributed by atoms with Gasteiger partial charge in [-0.1, -0.05) is 47.5 Å². The molecule has 4 rings (SSSR count). The lowest BCUT2D eigenvalue weighted by atomic mass is 9.81. The zero-order valence-electron chi connectivity index (χ0n) is 24.0. The number of ether oxygens (including phenoxy) is 1. The summed E-state index contributed by atoms with van der Waals surface area (Å²) in [7, 11) is 0. The van der Waals surface area contributed by atoms with Gasteiger partial charge in [0.15, 0.2) is 15.9 Å². The van der Waals surface area contributed by atoms with Crippen LogP contribution in [0.25, 0.3) is 0 Å². The largest absolute Gasteiger partial charge is 0.370 e.